The number of hydrogen-bond donors (Lipinski definition) is 0. The van der Waals surface area contributed by atoms with Crippen LogP contribution in [0.1, 0.15) is 0 Å². The van der Waals surface area contributed by atoms with Gasteiger partial charge < -0.3 is 24.5 Å². The van der Waals surface area contributed by atoms with Gasteiger partial charge in [-0.3, -0.25) is 0 Å². The fraction of sp³-hybridized carbons (Fsp3) is 0.636. The normalized spacial score (nSPS) is 9.28. The van der Waals surface area contributed by atoms with Crippen LogP contribution in [0.2, 0.25) is 0 Å². The molecule has 0 amide bonds. The molecular formula is C11H16N2O5. The highest BCUT2D eigenvalue weighted by molar-refractivity contribution is 6.20. The van der Waals surface area contributed by atoms with Crippen molar-refractivity contribution in [2.24, 2.45) is 0 Å². The van der Waals surface area contributed by atoms with E-state index in [0.29, 0.717) is 32.6 Å². The maximum atomic E-state index is 10.7. The lowest BCUT2D eigenvalue weighted by atomic mass is 10.7. The fourth-order valence-electron chi connectivity index (χ4n) is 0.857. The zero-order valence-electron chi connectivity index (χ0n) is 10.0. The first kappa shape index (κ1) is 16.3. The van der Waals surface area contributed by atoms with Crippen molar-refractivity contribution < 1.29 is 28.5 Å². The van der Waals surface area contributed by atoms with Gasteiger partial charge in [0.15, 0.2) is 0 Å². The molecule has 0 aromatic rings. The van der Waals surface area contributed by atoms with Crippen LogP contribution in [-0.2, 0) is 23.7 Å². The Kier molecular flexibility index (Phi) is 12.1. The fourth-order valence-corrected chi connectivity index (χ4v) is 0.857. The van der Waals surface area contributed by atoms with E-state index in [1.54, 1.807) is 0 Å². The number of terminal acetylenes is 1. The van der Waals surface area contributed by atoms with Crippen molar-refractivity contribution in [3.05, 3.63) is 5.53 Å². The third-order valence-electron chi connectivity index (χ3n) is 1.56. The number of carbonyl (C=O) groups excluding carboxylic acids is 1. The summed E-state index contributed by atoms with van der Waals surface area (Å²) in [5, 5.41) is 0. The first-order valence-electron chi connectivity index (χ1n) is 5.32. The molecule has 7 heteroatoms. The van der Waals surface area contributed by atoms with Crippen LogP contribution in [-0.4, -0.2) is 63.2 Å². The van der Waals surface area contributed by atoms with Crippen LogP contribution >= 0.6 is 0 Å². The van der Waals surface area contributed by atoms with Gasteiger partial charge in [-0.15, -0.1) is 6.42 Å². The average molecular weight is 256 g/mol. The van der Waals surface area contributed by atoms with Gasteiger partial charge in [0.2, 0.25) is 0 Å². The molecule has 18 heavy (non-hydrogen) atoms. The summed E-state index contributed by atoms with van der Waals surface area (Å²) in [6.45, 7) is 2.34. The number of hydrogen-bond acceptors (Lipinski definition) is 5. The predicted octanol–water partition coefficient (Wildman–Crippen LogP) is -0.487. The molecule has 0 atom stereocenters. The average Bonchev–Trinajstić information content (AvgIpc) is 2.36. The van der Waals surface area contributed by atoms with E-state index in [-0.39, 0.29) is 19.8 Å². The zero-order valence-corrected chi connectivity index (χ0v) is 10.0. The molecule has 0 aliphatic rings. The predicted molar refractivity (Wildman–Crippen MR) is 61.9 cm³/mol. The van der Waals surface area contributed by atoms with Gasteiger partial charge in [0.05, 0.1) is 33.0 Å². The summed E-state index contributed by atoms with van der Waals surface area (Å²) in [4.78, 5) is 13.2. The van der Waals surface area contributed by atoms with Crippen LogP contribution in [0, 0.1) is 12.3 Å². The first-order valence-corrected chi connectivity index (χ1v) is 5.32. The van der Waals surface area contributed by atoms with Crippen LogP contribution < -0.4 is 0 Å². The minimum absolute atomic E-state index is 0.0934. The standard InChI is InChI=1S/C11H16N2O5/c1-2-3-15-4-5-16-6-7-17-8-9-18-11(14)10-13-12/h1,10H,3-9H2. The van der Waals surface area contributed by atoms with Crippen LogP contribution in [0.25, 0.3) is 5.53 Å². The van der Waals surface area contributed by atoms with Crippen LogP contribution in [0.5, 0.6) is 0 Å². The molecule has 0 aliphatic heterocycles. The number of carbonyl (C=O) groups is 1. The molecule has 0 N–H and O–H groups in total. The van der Waals surface area contributed by atoms with E-state index in [2.05, 4.69) is 15.4 Å². The van der Waals surface area contributed by atoms with Crippen molar-refractivity contribution in [3.63, 3.8) is 0 Å². The Morgan fingerprint density at radius 3 is 2.22 bits per heavy atom. The van der Waals surface area contributed by atoms with Crippen LogP contribution in [0.4, 0.5) is 0 Å². The molecule has 0 radical (unpaired) electrons. The van der Waals surface area contributed by atoms with E-state index in [1.165, 1.54) is 0 Å². The van der Waals surface area contributed by atoms with E-state index in [1.807, 2.05) is 0 Å². The van der Waals surface area contributed by atoms with Gasteiger partial charge >= 0.3 is 12.2 Å². The SMILES string of the molecule is C#CCOCCOCCOCCOC(=O)C=[N+]=[N-]. The maximum absolute atomic E-state index is 10.7. The molecule has 0 heterocycles. The minimum Gasteiger partial charge on any atom is -0.455 e. The molecule has 0 aliphatic carbocycles. The third-order valence-corrected chi connectivity index (χ3v) is 1.56. The van der Waals surface area contributed by atoms with Crippen molar-refractivity contribution in [2.75, 3.05) is 46.2 Å². The highest BCUT2D eigenvalue weighted by Gasteiger charge is 2.01. The van der Waals surface area contributed by atoms with E-state index < -0.39 is 5.97 Å². The smallest absolute Gasteiger partial charge is 0.413 e. The zero-order chi connectivity index (χ0) is 13.5. The van der Waals surface area contributed by atoms with Crippen molar-refractivity contribution in [1.82, 2.24) is 0 Å². The molecule has 0 unspecified atom stereocenters. The summed E-state index contributed by atoms with van der Waals surface area (Å²) in [5.74, 6) is 1.62. The number of ether oxygens (including phenoxy) is 4. The number of nitrogens with zero attached hydrogens (tertiary/aromatic N) is 2. The highest BCUT2D eigenvalue weighted by atomic mass is 16.6. The molecule has 0 saturated heterocycles. The molecule has 0 rings (SSSR count). The molecule has 0 aromatic carbocycles. The Morgan fingerprint density at radius 1 is 1.11 bits per heavy atom. The lowest BCUT2D eigenvalue weighted by Gasteiger charge is -2.05. The minimum atomic E-state index is -0.719. The van der Waals surface area contributed by atoms with Crippen molar-refractivity contribution in [3.8, 4) is 12.3 Å². The van der Waals surface area contributed by atoms with Crippen molar-refractivity contribution >= 4 is 12.2 Å². The summed E-state index contributed by atoms with van der Waals surface area (Å²) in [6.07, 6.45) is 5.65. The van der Waals surface area contributed by atoms with Gasteiger partial charge in [0.25, 0.3) is 0 Å². The Hall–Kier alpha value is -1.71. The molecule has 0 aromatic heterocycles. The van der Waals surface area contributed by atoms with E-state index in [4.69, 9.17) is 26.2 Å². The van der Waals surface area contributed by atoms with Crippen LogP contribution in [0.15, 0.2) is 0 Å². The second-order valence-electron chi connectivity index (χ2n) is 2.89. The molecule has 7 nitrogen and oxygen atoms in total. The summed E-state index contributed by atoms with van der Waals surface area (Å²) in [5.41, 5.74) is 8.01. The van der Waals surface area contributed by atoms with Gasteiger partial charge in [0, 0.05) is 0 Å². The Labute approximate surface area is 106 Å². The quantitative estimate of drug-likeness (QED) is 0.124. The van der Waals surface area contributed by atoms with Crippen molar-refractivity contribution in [2.45, 2.75) is 0 Å². The number of rotatable bonds is 11. The third kappa shape index (κ3) is 12.4. The first-order chi connectivity index (χ1) is 8.81. The maximum Gasteiger partial charge on any atom is 0.413 e. The molecule has 0 spiro atoms. The van der Waals surface area contributed by atoms with Gasteiger partial charge in [-0.05, 0) is 0 Å². The molecule has 0 fully saturated rings. The van der Waals surface area contributed by atoms with E-state index in [0.717, 1.165) is 0 Å². The van der Waals surface area contributed by atoms with Gasteiger partial charge in [0.1, 0.15) is 13.2 Å². The van der Waals surface area contributed by atoms with Gasteiger partial charge in [-0.2, -0.15) is 4.79 Å². The number of esters is 1. The van der Waals surface area contributed by atoms with Gasteiger partial charge in [-0.25, -0.2) is 4.79 Å². The molecule has 0 bridgehead atoms. The lowest BCUT2D eigenvalue weighted by Crippen LogP contribution is -2.14. The molecule has 100 valence electrons. The summed E-state index contributed by atoms with van der Waals surface area (Å²) in [6, 6.07) is 0. The van der Waals surface area contributed by atoms with E-state index >= 15 is 0 Å². The monoisotopic (exact) mass is 256 g/mol. The summed E-state index contributed by atoms with van der Waals surface area (Å²) in [7, 11) is 0. The highest BCUT2D eigenvalue weighted by Crippen LogP contribution is 1.82. The largest absolute Gasteiger partial charge is 0.455 e. The second-order valence-corrected chi connectivity index (χ2v) is 2.89. The van der Waals surface area contributed by atoms with E-state index in [9.17, 15) is 4.79 Å². The molecular weight excluding hydrogens is 240 g/mol. The Balaban J connectivity index is 3.10. The summed E-state index contributed by atoms with van der Waals surface area (Å²) < 4.78 is 19.9. The second kappa shape index (κ2) is 13.4. The van der Waals surface area contributed by atoms with Gasteiger partial charge in [-0.1, -0.05) is 5.92 Å². The lowest BCUT2D eigenvalue weighted by molar-refractivity contribution is -0.140. The molecule has 0 saturated carbocycles. The van der Waals surface area contributed by atoms with Crippen LogP contribution in [0.3, 0.4) is 0 Å². The Morgan fingerprint density at radius 2 is 1.67 bits per heavy atom. The topological polar surface area (TPSA) is 90.4 Å². The Bertz CT molecular complexity index is 307. The summed E-state index contributed by atoms with van der Waals surface area (Å²) >= 11 is 0. The van der Waals surface area contributed by atoms with Crippen molar-refractivity contribution in [1.29, 1.82) is 0 Å².